The topological polar surface area (TPSA) is 104 Å². The molecular weight excluding hydrogens is 397 g/mol. The Balaban J connectivity index is 0.000000265. The van der Waals surface area contributed by atoms with Gasteiger partial charge in [-0.3, -0.25) is 0 Å². The number of hydrogen-bond donors (Lipinski definition) is 0. The summed E-state index contributed by atoms with van der Waals surface area (Å²) in [4.78, 5) is 0. The largest absolute Gasteiger partial charge is 0.480 e. The van der Waals surface area contributed by atoms with Gasteiger partial charge in [0.15, 0.2) is 10.0 Å². The fraction of sp³-hybridized carbons (Fsp3) is 0.385. The van der Waals surface area contributed by atoms with Gasteiger partial charge in [0.25, 0.3) is 6.33 Å². The van der Waals surface area contributed by atoms with Crippen LogP contribution in [0.2, 0.25) is 0 Å². The molecule has 1 aromatic carbocycles. The molecule has 0 saturated carbocycles. The molecule has 0 aliphatic carbocycles. The monoisotopic (exact) mass is 414 g/mol. The van der Waals surface area contributed by atoms with Crippen LogP contribution >= 0.6 is 0 Å². The van der Waals surface area contributed by atoms with E-state index < -0.39 is 25.6 Å². The van der Waals surface area contributed by atoms with Gasteiger partial charge in [0.1, 0.15) is 12.2 Å². The minimum absolute atomic E-state index is 0.246. The van der Waals surface area contributed by atoms with E-state index in [1.165, 1.54) is 0 Å². The second-order valence-electron chi connectivity index (χ2n) is 4.98. The molecule has 0 unspecified atom stereocenters. The van der Waals surface area contributed by atoms with Crippen LogP contribution in [0.5, 0.6) is 0 Å². The third-order valence-corrected chi connectivity index (χ3v) is 5.07. The highest BCUT2D eigenvalue weighted by atomic mass is 32.3. The smallest absolute Gasteiger partial charge is 0.429 e. The summed E-state index contributed by atoms with van der Waals surface area (Å²) in [6, 6.07) is 10.2. The average molecular weight is 414 g/mol. The number of halogens is 3. The van der Waals surface area contributed by atoms with Crippen molar-refractivity contribution in [3.63, 3.8) is 0 Å². The highest BCUT2D eigenvalue weighted by molar-refractivity contribution is 8.12. The van der Waals surface area contributed by atoms with Crippen molar-refractivity contribution >= 4 is 20.0 Å². The Bertz CT molecular complexity index is 910. The molecule has 0 bridgehead atoms. The predicted molar refractivity (Wildman–Crippen MR) is 87.2 cm³/mol. The minimum atomic E-state index is -5.92. The van der Waals surface area contributed by atoms with Crippen LogP contribution < -0.4 is 4.57 Å². The summed E-state index contributed by atoms with van der Waals surface area (Å²) >= 11 is 0. The highest BCUT2D eigenvalue weighted by Crippen LogP contribution is 2.29. The molecule has 0 aliphatic heterocycles. The van der Waals surface area contributed by atoms with Crippen LogP contribution in [-0.4, -0.2) is 38.4 Å². The summed E-state index contributed by atoms with van der Waals surface area (Å²) in [7, 11) is -10.5. The highest BCUT2D eigenvalue weighted by Gasteiger charge is 2.39. The van der Waals surface area contributed by atoms with E-state index in [1.54, 1.807) is 4.13 Å². The number of aromatic nitrogens is 3. The van der Waals surface area contributed by atoms with Gasteiger partial charge in [-0.25, -0.2) is 21.4 Å². The first kappa shape index (κ1) is 22.1. The maximum absolute atomic E-state index is 11.4. The SMILES string of the molecule is CCCn1c[n+](-c2ccccc2)cn1.CS(=O)(=O)[N-]S(=O)(=O)C(F)(F)F. The molecule has 0 aliphatic rings. The third-order valence-electron chi connectivity index (χ3n) is 2.62. The quantitative estimate of drug-likeness (QED) is 0.693. The third kappa shape index (κ3) is 7.09. The van der Waals surface area contributed by atoms with Crippen molar-refractivity contribution in [2.45, 2.75) is 25.4 Å². The van der Waals surface area contributed by atoms with E-state index >= 15 is 0 Å². The number of hydrogen-bond acceptors (Lipinski definition) is 5. The lowest BCUT2D eigenvalue weighted by Crippen LogP contribution is -2.27. The lowest BCUT2D eigenvalue weighted by molar-refractivity contribution is -0.596. The van der Waals surface area contributed by atoms with Gasteiger partial charge in [0.05, 0.1) is 10.0 Å². The summed E-state index contributed by atoms with van der Waals surface area (Å²) in [5.41, 5.74) is -4.52. The standard InChI is InChI=1S/C11H14N3.C2H3F3NO4S2/c1-2-8-14-10-13(9-12-14)11-6-4-3-5-7-11;1-11(7,8)6-12(9,10)2(3,4)5/h3-7,9-10H,2,8H2,1H3;1H3/q+1;-1. The first-order chi connectivity index (χ1) is 11.9. The van der Waals surface area contributed by atoms with Gasteiger partial charge in [-0.2, -0.15) is 13.2 Å². The number of benzene rings is 1. The van der Waals surface area contributed by atoms with Crippen molar-refractivity contribution in [1.29, 1.82) is 0 Å². The number of alkyl halides is 3. The first-order valence-corrected chi connectivity index (χ1v) is 10.4. The minimum Gasteiger partial charge on any atom is -0.429 e. The van der Waals surface area contributed by atoms with Crippen LogP contribution in [0, 0.1) is 0 Å². The molecule has 2 aromatic rings. The Hall–Kier alpha value is -1.99. The van der Waals surface area contributed by atoms with Crippen LogP contribution in [0.3, 0.4) is 0 Å². The maximum Gasteiger partial charge on any atom is 0.480 e. The van der Waals surface area contributed by atoms with E-state index in [0.29, 0.717) is 0 Å². The Kier molecular flexibility index (Phi) is 7.29. The Morgan fingerprint density at radius 3 is 2.15 bits per heavy atom. The van der Waals surface area contributed by atoms with Crippen molar-refractivity contribution in [1.82, 2.24) is 9.78 Å². The van der Waals surface area contributed by atoms with Crippen LogP contribution in [0.15, 0.2) is 43.0 Å². The Labute approximate surface area is 149 Å². The van der Waals surface area contributed by atoms with Crippen LogP contribution in [0.4, 0.5) is 13.2 Å². The summed E-state index contributed by atoms with van der Waals surface area (Å²) in [6.07, 6.45) is 5.20. The zero-order chi connectivity index (χ0) is 20.0. The molecule has 0 N–H and O–H groups in total. The van der Waals surface area contributed by atoms with E-state index in [-0.39, 0.29) is 6.26 Å². The summed E-state index contributed by atoms with van der Waals surface area (Å²) in [6.45, 7) is 3.12. The average Bonchev–Trinajstić information content (AvgIpc) is 2.94. The fourth-order valence-electron chi connectivity index (χ4n) is 1.62. The number of sulfonamides is 2. The lowest BCUT2D eigenvalue weighted by atomic mass is 10.3. The zero-order valence-electron chi connectivity index (χ0n) is 13.8. The molecule has 0 radical (unpaired) electrons. The van der Waals surface area contributed by atoms with Gasteiger partial charge >= 0.3 is 5.51 Å². The molecule has 0 atom stereocenters. The first-order valence-electron chi connectivity index (χ1n) is 7.10. The summed E-state index contributed by atoms with van der Waals surface area (Å²) < 4.78 is 79.9. The number of rotatable bonds is 5. The van der Waals surface area contributed by atoms with Gasteiger partial charge in [-0.05, 0) is 18.6 Å². The van der Waals surface area contributed by atoms with Crippen molar-refractivity contribution in [3.8, 4) is 5.69 Å². The lowest BCUT2D eigenvalue weighted by Gasteiger charge is -2.19. The van der Waals surface area contributed by atoms with E-state index in [0.717, 1.165) is 18.7 Å². The molecule has 1 heterocycles. The Morgan fingerprint density at radius 1 is 1.15 bits per heavy atom. The molecule has 0 saturated heterocycles. The molecule has 1 aromatic heterocycles. The van der Waals surface area contributed by atoms with Crippen molar-refractivity contribution in [2.75, 3.05) is 6.26 Å². The summed E-state index contributed by atoms with van der Waals surface area (Å²) in [5, 5.41) is 4.26. The van der Waals surface area contributed by atoms with Gasteiger partial charge in [0.2, 0.25) is 6.33 Å². The predicted octanol–water partition coefficient (Wildman–Crippen LogP) is 1.74. The van der Waals surface area contributed by atoms with E-state index in [9.17, 15) is 30.0 Å². The van der Waals surface area contributed by atoms with Crippen molar-refractivity contribution in [3.05, 3.63) is 47.1 Å². The summed E-state index contributed by atoms with van der Waals surface area (Å²) in [5.74, 6) is 0. The Morgan fingerprint density at radius 2 is 1.73 bits per heavy atom. The molecule has 2 rings (SSSR count). The zero-order valence-corrected chi connectivity index (χ0v) is 15.5. The molecule has 26 heavy (non-hydrogen) atoms. The van der Waals surface area contributed by atoms with Crippen molar-refractivity contribution < 1.29 is 34.6 Å². The number of aryl methyl sites for hydroxylation is 1. The van der Waals surface area contributed by atoms with Gasteiger partial charge in [-0.1, -0.05) is 25.1 Å². The van der Waals surface area contributed by atoms with Gasteiger partial charge in [-0.15, -0.1) is 4.68 Å². The van der Waals surface area contributed by atoms with E-state index in [2.05, 4.69) is 24.2 Å². The van der Waals surface area contributed by atoms with Gasteiger partial charge in [0, 0.05) is 11.4 Å². The molecule has 0 amide bonds. The van der Waals surface area contributed by atoms with Crippen LogP contribution in [0.25, 0.3) is 9.81 Å². The normalized spacial score (nSPS) is 12.3. The molecule has 0 fully saturated rings. The number of para-hydroxylation sites is 1. The molecule has 146 valence electrons. The molecule has 13 heteroatoms. The van der Waals surface area contributed by atoms with E-state index in [1.807, 2.05) is 40.1 Å². The van der Waals surface area contributed by atoms with Crippen LogP contribution in [-0.2, 0) is 26.6 Å². The number of nitrogens with zero attached hydrogens (tertiary/aromatic N) is 4. The van der Waals surface area contributed by atoms with E-state index in [4.69, 9.17) is 0 Å². The maximum atomic E-state index is 11.4. The molecule has 8 nitrogen and oxygen atoms in total. The van der Waals surface area contributed by atoms with Crippen LogP contribution in [0.1, 0.15) is 13.3 Å². The fourth-order valence-corrected chi connectivity index (χ4v) is 3.39. The molecular formula is C13H17F3N4O4S2. The second-order valence-corrected chi connectivity index (χ2v) is 8.46. The van der Waals surface area contributed by atoms with Crippen molar-refractivity contribution in [2.24, 2.45) is 0 Å². The van der Waals surface area contributed by atoms with Gasteiger partial charge < -0.3 is 4.13 Å². The molecule has 0 spiro atoms. The second kappa shape index (κ2) is 8.60.